The Balaban J connectivity index is 2.53. The van der Waals surface area contributed by atoms with Crippen molar-refractivity contribution in [2.75, 3.05) is 26.2 Å². The highest BCUT2D eigenvalue weighted by Crippen LogP contribution is 2.19. The number of likely N-dealkylation sites (N-methyl/N-ethyl adjacent to an activating group) is 1. The molecule has 94 valence electrons. The first-order chi connectivity index (χ1) is 7.63. The molecular weight excluding hydrogens is 200 g/mol. The summed E-state index contributed by atoms with van der Waals surface area (Å²) < 4.78 is 0. The van der Waals surface area contributed by atoms with Crippen molar-refractivity contribution in [3.63, 3.8) is 0 Å². The van der Waals surface area contributed by atoms with Crippen LogP contribution in [0.15, 0.2) is 0 Å². The van der Waals surface area contributed by atoms with Gasteiger partial charge in [0.15, 0.2) is 0 Å². The molecule has 0 aliphatic carbocycles. The number of nitrogens with one attached hydrogen (secondary N) is 1. The predicted octanol–water partition coefficient (Wildman–Crippen LogP) is 1.12. The van der Waals surface area contributed by atoms with Gasteiger partial charge in [-0.2, -0.15) is 0 Å². The molecule has 1 rings (SSSR count). The van der Waals surface area contributed by atoms with Gasteiger partial charge in [0.05, 0.1) is 6.04 Å². The second kappa shape index (κ2) is 6.21. The van der Waals surface area contributed by atoms with Crippen molar-refractivity contribution < 1.29 is 0 Å². The van der Waals surface area contributed by atoms with Crippen LogP contribution in [0.3, 0.4) is 0 Å². The maximum atomic E-state index is 7.60. The summed E-state index contributed by atoms with van der Waals surface area (Å²) in [4.78, 5) is 4.87. The third-order valence-electron chi connectivity index (χ3n) is 3.71. The van der Waals surface area contributed by atoms with Gasteiger partial charge in [0, 0.05) is 19.1 Å². The molecule has 0 spiro atoms. The largest absolute Gasteiger partial charge is 0.386 e. The van der Waals surface area contributed by atoms with Gasteiger partial charge in [0.25, 0.3) is 0 Å². The Morgan fingerprint density at radius 1 is 1.44 bits per heavy atom. The van der Waals surface area contributed by atoms with Crippen LogP contribution in [0.1, 0.15) is 33.6 Å². The zero-order valence-corrected chi connectivity index (χ0v) is 10.9. The summed E-state index contributed by atoms with van der Waals surface area (Å²) in [5.41, 5.74) is 5.64. The standard InChI is InChI=1S/C12H26N4/c1-4-11(12(13)14)16-8-7-10(9-16)15(5-2)6-3/h10-11H,4-9H2,1-3H3,(H3,13,14). The molecule has 0 aromatic rings. The van der Waals surface area contributed by atoms with E-state index in [1.165, 1.54) is 6.42 Å². The van der Waals surface area contributed by atoms with Gasteiger partial charge in [0.1, 0.15) is 5.84 Å². The number of nitrogens with zero attached hydrogens (tertiary/aromatic N) is 2. The molecule has 1 aliphatic heterocycles. The van der Waals surface area contributed by atoms with Crippen LogP contribution in [0.25, 0.3) is 0 Å². The number of hydrogen-bond donors (Lipinski definition) is 2. The Hall–Kier alpha value is -0.610. The third kappa shape index (κ3) is 2.95. The topological polar surface area (TPSA) is 56.4 Å². The van der Waals surface area contributed by atoms with Gasteiger partial charge >= 0.3 is 0 Å². The van der Waals surface area contributed by atoms with E-state index in [-0.39, 0.29) is 6.04 Å². The monoisotopic (exact) mass is 226 g/mol. The highest BCUT2D eigenvalue weighted by molar-refractivity contribution is 5.82. The van der Waals surface area contributed by atoms with Crippen molar-refractivity contribution >= 4 is 5.84 Å². The van der Waals surface area contributed by atoms with Gasteiger partial charge in [-0.1, -0.05) is 20.8 Å². The minimum absolute atomic E-state index is 0.153. The van der Waals surface area contributed by atoms with Crippen LogP contribution in [0.2, 0.25) is 0 Å². The summed E-state index contributed by atoms with van der Waals surface area (Å²) in [5, 5.41) is 7.60. The van der Waals surface area contributed by atoms with Crippen molar-refractivity contribution in [3.05, 3.63) is 0 Å². The van der Waals surface area contributed by atoms with Crippen LogP contribution < -0.4 is 5.73 Å². The van der Waals surface area contributed by atoms with Gasteiger partial charge in [-0.05, 0) is 25.9 Å². The van der Waals surface area contributed by atoms with Gasteiger partial charge in [-0.15, -0.1) is 0 Å². The molecule has 4 heteroatoms. The number of rotatable bonds is 6. The summed E-state index contributed by atoms with van der Waals surface area (Å²) in [7, 11) is 0. The van der Waals surface area contributed by atoms with E-state index in [9.17, 15) is 0 Å². The Labute approximate surface area is 99.3 Å². The highest BCUT2D eigenvalue weighted by atomic mass is 15.3. The SMILES string of the molecule is CCC(C(=N)N)N1CCC(N(CC)CC)C1. The average Bonchev–Trinajstić information content (AvgIpc) is 2.70. The number of hydrogen-bond acceptors (Lipinski definition) is 3. The van der Waals surface area contributed by atoms with Gasteiger partial charge < -0.3 is 5.73 Å². The lowest BCUT2D eigenvalue weighted by Crippen LogP contribution is -2.45. The second-order valence-electron chi connectivity index (χ2n) is 4.54. The van der Waals surface area contributed by atoms with Crippen LogP contribution in [0, 0.1) is 5.41 Å². The van der Waals surface area contributed by atoms with Crippen LogP contribution in [0.4, 0.5) is 0 Å². The van der Waals surface area contributed by atoms with Gasteiger partial charge in [-0.3, -0.25) is 15.2 Å². The Morgan fingerprint density at radius 2 is 2.06 bits per heavy atom. The number of amidine groups is 1. The normalized spacial score (nSPS) is 23.9. The molecule has 1 fully saturated rings. The summed E-state index contributed by atoms with van der Waals surface area (Å²) in [6, 6.07) is 0.809. The molecule has 16 heavy (non-hydrogen) atoms. The molecule has 1 aliphatic rings. The minimum Gasteiger partial charge on any atom is -0.386 e. The maximum absolute atomic E-state index is 7.60. The molecule has 0 saturated carbocycles. The molecule has 0 radical (unpaired) electrons. The molecule has 2 unspecified atom stereocenters. The lowest BCUT2D eigenvalue weighted by Gasteiger charge is -2.29. The van der Waals surface area contributed by atoms with Crippen molar-refractivity contribution in [2.45, 2.75) is 45.7 Å². The molecule has 3 N–H and O–H groups in total. The Morgan fingerprint density at radius 3 is 2.50 bits per heavy atom. The number of likely N-dealkylation sites (tertiary alicyclic amines) is 1. The van der Waals surface area contributed by atoms with Gasteiger partial charge in [0.2, 0.25) is 0 Å². The van der Waals surface area contributed by atoms with Crippen LogP contribution >= 0.6 is 0 Å². The summed E-state index contributed by atoms with van der Waals surface area (Å²) >= 11 is 0. The highest BCUT2D eigenvalue weighted by Gasteiger charge is 2.30. The van der Waals surface area contributed by atoms with E-state index in [1.54, 1.807) is 0 Å². The van der Waals surface area contributed by atoms with E-state index in [0.29, 0.717) is 11.9 Å². The first kappa shape index (κ1) is 13.5. The first-order valence-corrected chi connectivity index (χ1v) is 6.45. The maximum Gasteiger partial charge on any atom is 0.108 e. The Kier molecular flexibility index (Phi) is 5.22. The second-order valence-corrected chi connectivity index (χ2v) is 4.54. The van der Waals surface area contributed by atoms with Crippen molar-refractivity contribution in [3.8, 4) is 0 Å². The molecule has 4 nitrogen and oxygen atoms in total. The average molecular weight is 226 g/mol. The third-order valence-corrected chi connectivity index (χ3v) is 3.71. The van der Waals surface area contributed by atoms with E-state index in [2.05, 4.69) is 30.6 Å². The molecular formula is C12H26N4. The lowest BCUT2D eigenvalue weighted by molar-refractivity contribution is 0.202. The Bertz CT molecular complexity index is 225. The molecule has 0 aromatic heterocycles. The molecule has 0 bridgehead atoms. The quantitative estimate of drug-likeness (QED) is 0.527. The first-order valence-electron chi connectivity index (χ1n) is 6.45. The minimum atomic E-state index is 0.153. The molecule has 0 aromatic carbocycles. The smallest absolute Gasteiger partial charge is 0.108 e. The number of nitrogens with two attached hydrogens (primary N) is 1. The molecule has 2 atom stereocenters. The van der Waals surface area contributed by atoms with E-state index in [0.717, 1.165) is 32.6 Å². The fourth-order valence-corrected chi connectivity index (χ4v) is 2.76. The predicted molar refractivity (Wildman–Crippen MR) is 68.9 cm³/mol. The summed E-state index contributed by atoms with van der Waals surface area (Å²) in [6.45, 7) is 10.9. The van der Waals surface area contributed by atoms with Crippen molar-refractivity contribution in [2.24, 2.45) is 5.73 Å². The zero-order chi connectivity index (χ0) is 12.1. The fourth-order valence-electron chi connectivity index (χ4n) is 2.76. The van der Waals surface area contributed by atoms with E-state index >= 15 is 0 Å². The zero-order valence-electron chi connectivity index (χ0n) is 10.9. The molecule has 0 amide bonds. The van der Waals surface area contributed by atoms with Crippen LogP contribution in [-0.4, -0.2) is 53.9 Å². The van der Waals surface area contributed by atoms with Crippen LogP contribution in [-0.2, 0) is 0 Å². The van der Waals surface area contributed by atoms with E-state index < -0.39 is 0 Å². The fraction of sp³-hybridized carbons (Fsp3) is 0.917. The van der Waals surface area contributed by atoms with Gasteiger partial charge in [-0.25, -0.2) is 0 Å². The van der Waals surface area contributed by atoms with Crippen molar-refractivity contribution in [1.82, 2.24) is 9.80 Å². The van der Waals surface area contributed by atoms with Crippen molar-refractivity contribution in [1.29, 1.82) is 5.41 Å². The van der Waals surface area contributed by atoms with Crippen LogP contribution in [0.5, 0.6) is 0 Å². The summed E-state index contributed by atoms with van der Waals surface area (Å²) in [5.74, 6) is 0.322. The van der Waals surface area contributed by atoms with E-state index in [1.807, 2.05) is 0 Å². The van der Waals surface area contributed by atoms with E-state index in [4.69, 9.17) is 11.1 Å². The summed E-state index contributed by atoms with van der Waals surface area (Å²) in [6.07, 6.45) is 2.16. The molecule has 1 saturated heterocycles. The lowest BCUT2D eigenvalue weighted by atomic mass is 10.2. The molecule has 1 heterocycles.